The van der Waals surface area contributed by atoms with Crippen LogP contribution >= 0.6 is 38.9 Å². The second-order valence-corrected chi connectivity index (χ2v) is 6.21. The minimum absolute atomic E-state index is 0.0953. The number of rotatable bonds is 2. The van der Waals surface area contributed by atoms with E-state index in [1.165, 1.54) is 6.07 Å². The van der Waals surface area contributed by atoms with Crippen molar-refractivity contribution in [2.45, 2.75) is 13.0 Å². The Kier molecular flexibility index (Phi) is 3.88. The van der Waals surface area contributed by atoms with Crippen molar-refractivity contribution in [2.75, 3.05) is 0 Å². The highest BCUT2D eigenvalue weighted by molar-refractivity contribution is 9.10. The summed E-state index contributed by atoms with van der Waals surface area (Å²) >= 11 is 11.0. The molecule has 90 valence electrons. The molecule has 2 N–H and O–H groups in total. The van der Waals surface area contributed by atoms with Crippen LogP contribution in [0.1, 0.15) is 21.4 Å². The summed E-state index contributed by atoms with van der Waals surface area (Å²) in [6.45, 7) is 2.00. The molecule has 0 aliphatic carbocycles. The van der Waals surface area contributed by atoms with Crippen LogP contribution in [0.3, 0.4) is 0 Å². The average molecular weight is 335 g/mol. The molecular weight excluding hydrogens is 325 g/mol. The lowest BCUT2D eigenvalue weighted by Gasteiger charge is -2.13. The monoisotopic (exact) mass is 333 g/mol. The highest BCUT2D eigenvalue weighted by Gasteiger charge is 2.19. The van der Waals surface area contributed by atoms with E-state index in [1.54, 1.807) is 23.5 Å². The van der Waals surface area contributed by atoms with E-state index in [0.29, 0.717) is 5.56 Å². The van der Waals surface area contributed by atoms with Gasteiger partial charge in [-0.1, -0.05) is 23.7 Å². The van der Waals surface area contributed by atoms with Crippen LogP contribution in [0.15, 0.2) is 28.7 Å². The van der Waals surface area contributed by atoms with Gasteiger partial charge in [0.25, 0.3) is 0 Å². The molecule has 2 rings (SSSR count). The summed E-state index contributed by atoms with van der Waals surface area (Å²) in [5.74, 6) is -0.441. The molecule has 0 spiro atoms. The van der Waals surface area contributed by atoms with Gasteiger partial charge in [0.2, 0.25) is 0 Å². The zero-order chi connectivity index (χ0) is 12.6. The first-order valence-corrected chi connectivity index (χ1v) is 6.94. The minimum atomic E-state index is -0.441. The molecule has 0 saturated heterocycles. The van der Waals surface area contributed by atoms with Gasteiger partial charge in [-0.3, -0.25) is 0 Å². The molecule has 0 bridgehead atoms. The molecule has 1 heterocycles. The Bertz CT molecular complexity index is 555. The van der Waals surface area contributed by atoms with E-state index in [4.69, 9.17) is 17.3 Å². The highest BCUT2D eigenvalue weighted by atomic mass is 79.9. The summed E-state index contributed by atoms with van der Waals surface area (Å²) in [6, 6.07) is 6.27. The second-order valence-electron chi connectivity index (χ2n) is 3.69. The largest absolute Gasteiger partial charge is 0.320 e. The van der Waals surface area contributed by atoms with Gasteiger partial charge >= 0.3 is 0 Å². The lowest BCUT2D eigenvalue weighted by atomic mass is 10.1. The van der Waals surface area contributed by atoms with Crippen LogP contribution in [0.2, 0.25) is 5.02 Å². The van der Waals surface area contributed by atoms with Gasteiger partial charge in [-0.15, -0.1) is 11.3 Å². The van der Waals surface area contributed by atoms with E-state index in [0.717, 1.165) is 14.2 Å². The van der Waals surface area contributed by atoms with Crippen molar-refractivity contribution in [3.8, 4) is 0 Å². The molecule has 1 aromatic carbocycles. The van der Waals surface area contributed by atoms with Crippen LogP contribution < -0.4 is 5.73 Å². The van der Waals surface area contributed by atoms with E-state index < -0.39 is 11.9 Å². The fourth-order valence-electron chi connectivity index (χ4n) is 1.62. The summed E-state index contributed by atoms with van der Waals surface area (Å²) in [4.78, 5) is 2.10. The van der Waals surface area contributed by atoms with Crippen LogP contribution in [-0.2, 0) is 0 Å². The maximum atomic E-state index is 13.4. The molecule has 0 fully saturated rings. The fourth-order valence-corrected chi connectivity index (χ4v) is 3.78. The number of thiophene rings is 1. The van der Waals surface area contributed by atoms with Crippen molar-refractivity contribution in [1.29, 1.82) is 0 Å². The van der Waals surface area contributed by atoms with Gasteiger partial charge in [0.1, 0.15) is 5.82 Å². The summed E-state index contributed by atoms with van der Waals surface area (Å²) in [7, 11) is 0. The molecule has 1 aromatic heterocycles. The van der Waals surface area contributed by atoms with Crippen LogP contribution in [0.25, 0.3) is 0 Å². The number of nitrogens with two attached hydrogens (primary N) is 1. The Balaban J connectivity index is 2.47. The van der Waals surface area contributed by atoms with Crippen LogP contribution in [0.4, 0.5) is 4.39 Å². The zero-order valence-electron chi connectivity index (χ0n) is 9.01. The predicted octanol–water partition coefficient (Wildman–Crippen LogP) is 4.66. The molecule has 2 aromatic rings. The summed E-state index contributed by atoms with van der Waals surface area (Å²) in [5.41, 5.74) is 6.74. The topological polar surface area (TPSA) is 26.0 Å². The number of hydrogen-bond acceptors (Lipinski definition) is 2. The highest BCUT2D eigenvalue weighted by Crippen LogP contribution is 2.36. The summed E-state index contributed by atoms with van der Waals surface area (Å²) in [5, 5.41) is 0.0953. The lowest BCUT2D eigenvalue weighted by molar-refractivity contribution is 0.624. The SMILES string of the molecule is Cc1cc(Br)c(C(N)c2cccc(F)c2Cl)s1. The average Bonchev–Trinajstić information content (AvgIpc) is 2.61. The molecule has 0 aliphatic rings. The molecule has 0 radical (unpaired) electrons. The van der Waals surface area contributed by atoms with Gasteiger partial charge in [-0.05, 0) is 40.5 Å². The van der Waals surface area contributed by atoms with Crippen molar-refractivity contribution in [2.24, 2.45) is 5.73 Å². The van der Waals surface area contributed by atoms with Crippen LogP contribution in [0.5, 0.6) is 0 Å². The minimum Gasteiger partial charge on any atom is -0.320 e. The number of aryl methyl sites for hydroxylation is 1. The molecule has 0 aliphatic heterocycles. The number of hydrogen-bond donors (Lipinski definition) is 1. The quantitative estimate of drug-likeness (QED) is 0.849. The number of benzene rings is 1. The first-order valence-electron chi connectivity index (χ1n) is 4.96. The van der Waals surface area contributed by atoms with Crippen molar-refractivity contribution >= 4 is 38.9 Å². The van der Waals surface area contributed by atoms with E-state index in [9.17, 15) is 4.39 Å². The number of halogens is 3. The maximum Gasteiger partial charge on any atom is 0.142 e. The molecule has 1 unspecified atom stereocenters. The third-order valence-electron chi connectivity index (χ3n) is 2.44. The van der Waals surface area contributed by atoms with Crippen molar-refractivity contribution in [3.63, 3.8) is 0 Å². The second kappa shape index (κ2) is 5.06. The smallest absolute Gasteiger partial charge is 0.142 e. The molecule has 17 heavy (non-hydrogen) atoms. The summed E-state index contributed by atoms with van der Waals surface area (Å²) < 4.78 is 14.3. The third kappa shape index (κ3) is 2.55. The first-order chi connectivity index (χ1) is 8.00. The maximum absolute atomic E-state index is 13.4. The fraction of sp³-hybridized carbons (Fsp3) is 0.167. The Hall–Kier alpha value is -0.420. The van der Waals surface area contributed by atoms with Crippen molar-refractivity contribution < 1.29 is 4.39 Å². The Morgan fingerprint density at radius 1 is 1.47 bits per heavy atom. The molecule has 1 nitrogen and oxygen atoms in total. The van der Waals surface area contributed by atoms with Gasteiger partial charge < -0.3 is 5.73 Å². The van der Waals surface area contributed by atoms with Crippen LogP contribution in [0, 0.1) is 12.7 Å². The Labute approximate surface area is 117 Å². The molecule has 0 amide bonds. The predicted molar refractivity (Wildman–Crippen MR) is 74.2 cm³/mol. The standard InChI is InChI=1S/C12H10BrClFNS/c1-6-5-8(13)12(17-6)11(16)7-3-2-4-9(15)10(7)14/h2-5,11H,16H2,1H3. The van der Waals surface area contributed by atoms with E-state index in [-0.39, 0.29) is 5.02 Å². The van der Waals surface area contributed by atoms with E-state index in [2.05, 4.69) is 15.9 Å². The van der Waals surface area contributed by atoms with Gasteiger partial charge in [0.05, 0.1) is 11.1 Å². The molecule has 5 heteroatoms. The van der Waals surface area contributed by atoms with Crippen LogP contribution in [-0.4, -0.2) is 0 Å². The summed E-state index contributed by atoms with van der Waals surface area (Å²) in [6.07, 6.45) is 0. The van der Waals surface area contributed by atoms with Gasteiger partial charge in [0, 0.05) is 14.2 Å². The third-order valence-corrected chi connectivity index (χ3v) is 4.89. The van der Waals surface area contributed by atoms with Gasteiger partial charge in [-0.2, -0.15) is 0 Å². The molecule has 0 saturated carbocycles. The normalized spacial score (nSPS) is 12.8. The Morgan fingerprint density at radius 3 is 2.76 bits per heavy atom. The molecule has 1 atom stereocenters. The van der Waals surface area contributed by atoms with Gasteiger partial charge in [0.15, 0.2) is 0 Å². The lowest BCUT2D eigenvalue weighted by Crippen LogP contribution is -2.11. The van der Waals surface area contributed by atoms with E-state index >= 15 is 0 Å². The zero-order valence-corrected chi connectivity index (χ0v) is 12.2. The van der Waals surface area contributed by atoms with Gasteiger partial charge in [-0.25, -0.2) is 4.39 Å². The van der Waals surface area contributed by atoms with Crippen molar-refractivity contribution in [1.82, 2.24) is 0 Å². The van der Waals surface area contributed by atoms with Crippen molar-refractivity contribution in [3.05, 3.63) is 54.9 Å². The van der Waals surface area contributed by atoms with E-state index in [1.807, 2.05) is 13.0 Å². The molecular formula is C12H10BrClFNS. The first kappa shape index (κ1) is 13.0. The Morgan fingerprint density at radius 2 is 2.18 bits per heavy atom.